The smallest absolute Gasteiger partial charge is 0.356 e. The Balaban J connectivity index is 1.76. The molecule has 1 unspecified atom stereocenters. The number of nitrogens with one attached hydrogen (secondary N) is 1. The quantitative estimate of drug-likeness (QED) is 0.471. The van der Waals surface area contributed by atoms with Crippen LogP contribution in [0.15, 0.2) is 77.9 Å². The molecule has 4 aromatic rings. The van der Waals surface area contributed by atoms with E-state index in [2.05, 4.69) is 10.3 Å². The molecule has 33 heavy (non-hydrogen) atoms. The summed E-state index contributed by atoms with van der Waals surface area (Å²) in [7, 11) is 1.53. The third kappa shape index (κ3) is 4.39. The number of anilines is 1. The first-order chi connectivity index (χ1) is 15.9. The lowest BCUT2D eigenvalue weighted by Crippen LogP contribution is -2.32. The molecule has 0 saturated carbocycles. The van der Waals surface area contributed by atoms with Gasteiger partial charge in [0.05, 0.1) is 11.9 Å². The minimum absolute atomic E-state index is 0.0866. The van der Waals surface area contributed by atoms with Crippen LogP contribution in [0.4, 0.5) is 5.69 Å². The number of hydrogen-bond donors (Lipinski definition) is 1. The molecule has 0 aliphatic rings. The molecule has 0 aliphatic heterocycles. The predicted octanol–water partition coefficient (Wildman–Crippen LogP) is 4.09. The zero-order valence-corrected chi connectivity index (χ0v) is 18.5. The number of benzene rings is 2. The van der Waals surface area contributed by atoms with Gasteiger partial charge >= 0.3 is 5.97 Å². The molecular formula is C26H23N3O4. The van der Waals surface area contributed by atoms with Crippen molar-refractivity contribution < 1.29 is 14.3 Å². The zero-order valence-electron chi connectivity index (χ0n) is 18.5. The zero-order chi connectivity index (χ0) is 23.5. The van der Waals surface area contributed by atoms with Gasteiger partial charge in [-0.1, -0.05) is 48.0 Å². The Morgan fingerprint density at radius 1 is 1.00 bits per heavy atom. The number of ether oxygens (including phenoxy) is 1. The molecule has 2 aromatic heterocycles. The monoisotopic (exact) mass is 441 g/mol. The minimum atomic E-state index is -1.09. The van der Waals surface area contributed by atoms with Crippen LogP contribution >= 0.6 is 0 Å². The van der Waals surface area contributed by atoms with E-state index in [0.29, 0.717) is 22.0 Å². The van der Waals surface area contributed by atoms with Crippen molar-refractivity contribution in [1.29, 1.82) is 0 Å². The summed E-state index contributed by atoms with van der Waals surface area (Å²) < 4.78 is 6.79. The Morgan fingerprint density at radius 3 is 2.36 bits per heavy atom. The van der Waals surface area contributed by atoms with Crippen LogP contribution in [0.25, 0.3) is 21.9 Å². The molecule has 1 atom stereocenters. The van der Waals surface area contributed by atoms with E-state index in [4.69, 9.17) is 4.74 Å². The number of aryl methyl sites for hydroxylation is 1. The molecule has 0 aliphatic carbocycles. The fourth-order valence-corrected chi connectivity index (χ4v) is 3.67. The van der Waals surface area contributed by atoms with E-state index in [9.17, 15) is 14.4 Å². The second-order valence-electron chi connectivity index (χ2n) is 7.78. The normalized spacial score (nSPS) is 11.7. The average Bonchev–Trinajstić information content (AvgIpc) is 2.82. The highest BCUT2D eigenvalue weighted by atomic mass is 16.5. The van der Waals surface area contributed by atoms with Crippen molar-refractivity contribution in [3.8, 4) is 11.1 Å². The van der Waals surface area contributed by atoms with Crippen molar-refractivity contribution in [2.24, 2.45) is 7.05 Å². The summed E-state index contributed by atoms with van der Waals surface area (Å²) in [5.74, 6) is -1.26. The van der Waals surface area contributed by atoms with Crippen LogP contribution in [0.1, 0.15) is 23.0 Å². The lowest BCUT2D eigenvalue weighted by molar-refractivity contribution is -0.123. The van der Waals surface area contributed by atoms with Crippen LogP contribution in [-0.2, 0) is 16.6 Å². The maximum Gasteiger partial charge on any atom is 0.356 e. The van der Waals surface area contributed by atoms with Gasteiger partial charge in [0, 0.05) is 24.2 Å². The van der Waals surface area contributed by atoms with Crippen LogP contribution in [0.5, 0.6) is 0 Å². The van der Waals surface area contributed by atoms with Gasteiger partial charge in [0.15, 0.2) is 6.10 Å². The van der Waals surface area contributed by atoms with Crippen LogP contribution in [0.3, 0.4) is 0 Å². The Labute approximate surface area is 190 Å². The number of nitrogens with zero attached hydrogens (tertiary/aromatic N) is 2. The molecule has 7 heteroatoms. The molecule has 166 valence electrons. The molecule has 7 nitrogen and oxygen atoms in total. The van der Waals surface area contributed by atoms with Gasteiger partial charge < -0.3 is 14.6 Å². The highest BCUT2D eigenvalue weighted by Gasteiger charge is 2.26. The number of carbonyl (C=O) groups excluding carboxylic acids is 2. The Bertz CT molecular complexity index is 1390. The first-order valence-electron chi connectivity index (χ1n) is 10.5. The van der Waals surface area contributed by atoms with Gasteiger partial charge in [-0.15, -0.1) is 0 Å². The second-order valence-corrected chi connectivity index (χ2v) is 7.78. The third-order valence-electron chi connectivity index (χ3n) is 5.42. The summed E-state index contributed by atoms with van der Waals surface area (Å²) in [6.07, 6.45) is 1.99. The molecule has 0 fully saturated rings. The molecule has 4 rings (SSSR count). The Hall–Kier alpha value is -4.26. The minimum Gasteiger partial charge on any atom is -0.448 e. The number of esters is 1. The third-order valence-corrected chi connectivity index (χ3v) is 5.42. The van der Waals surface area contributed by atoms with Gasteiger partial charge in [0.25, 0.3) is 11.5 Å². The molecule has 2 heterocycles. The number of aromatic nitrogens is 2. The van der Waals surface area contributed by atoms with Gasteiger partial charge in [0.2, 0.25) is 0 Å². The highest BCUT2D eigenvalue weighted by molar-refractivity contribution is 6.07. The van der Waals surface area contributed by atoms with Crippen molar-refractivity contribution >= 4 is 28.3 Å². The molecule has 0 radical (unpaired) electrons. The van der Waals surface area contributed by atoms with Gasteiger partial charge in [-0.05, 0) is 43.0 Å². The SMILES string of the molecule is Cc1ccc(-c2c(C(=O)OC(C)C(=O)Nc3cccnc3)n(C)c(=O)c3ccccc23)cc1. The second kappa shape index (κ2) is 9.08. The van der Waals surface area contributed by atoms with Crippen LogP contribution < -0.4 is 10.9 Å². The maximum atomic E-state index is 13.3. The lowest BCUT2D eigenvalue weighted by atomic mass is 9.96. The van der Waals surface area contributed by atoms with Crippen molar-refractivity contribution in [2.75, 3.05) is 5.32 Å². The van der Waals surface area contributed by atoms with Crippen molar-refractivity contribution in [3.05, 3.63) is 94.7 Å². The fourth-order valence-electron chi connectivity index (χ4n) is 3.67. The summed E-state index contributed by atoms with van der Waals surface area (Å²) in [4.78, 5) is 42.8. The largest absolute Gasteiger partial charge is 0.448 e. The summed E-state index contributed by atoms with van der Waals surface area (Å²) >= 11 is 0. The molecule has 1 N–H and O–H groups in total. The summed E-state index contributed by atoms with van der Waals surface area (Å²) in [5.41, 5.74) is 2.68. The van der Waals surface area contributed by atoms with E-state index in [1.807, 2.05) is 37.3 Å². The van der Waals surface area contributed by atoms with Gasteiger partial charge in [-0.2, -0.15) is 0 Å². The maximum absolute atomic E-state index is 13.3. The van der Waals surface area contributed by atoms with Crippen LogP contribution in [-0.4, -0.2) is 27.5 Å². The lowest BCUT2D eigenvalue weighted by Gasteiger charge is -2.19. The van der Waals surface area contributed by atoms with Gasteiger partial charge in [-0.25, -0.2) is 4.79 Å². The van der Waals surface area contributed by atoms with Crippen molar-refractivity contribution in [3.63, 3.8) is 0 Å². The number of pyridine rings is 2. The molecule has 2 aromatic carbocycles. The molecule has 0 bridgehead atoms. The number of rotatable bonds is 5. The Morgan fingerprint density at radius 2 is 1.70 bits per heavy atom. The standard InChI is InChI=1S/C26H23N3O4/c1-16-10-12-18(13-11-16)22-20-8-4-5-9-21(20)25(31)29(3)23(22)26(32)33-17(2)24(30)28-19-7-6-14-27-15-19/h4-15,17H,1-3H3,(H,28,30). The summed E-state index contributed by atoms with van der Waals surface area (Å²) in [5, 5.41) is 3.80. The predicted molar refractivity (Wildman–Crippen MR) is 127 cm³/mol. The molecule has 0 spiro atoms. The van der Waals surface area contributed by atoms with E-state index in [1.54, 1.807) is 36.5 Å². The van der Waals surface area contributed by atoms with E-state index in [1.165, 1.54) is 24.7 Å². The van der Waals surface area contributed by atoms with E-state index in [0.717, 1.165) is 11.1 Å². The number of hydrogen-bond acceptors (Lipinski definition) is 5. The molecule has 0 saturated heterocycles. The number of amides is 1. The van der Waals surface area contributed by atoms with E-state index >= 15 is 0 Å². The van der Waals surface area contributed by atoms with Crippen molar-refractivity contribution in [2.45, 2.75) is 20.0 Å². The number of carbonyl (C=O) groups is 2. The van der Waals surface area contributed by atoms with Gasteiger partial charge in [-0.3, -0.25) is 14.6 Å². The van der Waals surface area contributed by atoms with Crippen molar-refractivity contribution in [1.82, 2.24) is 9.55 Å². The highest BCUT2D eigenvalue weighted by Crippen LogP contribution is 2.31. The van der Waals surface area contributed by atoms with Gasteiger partial charge in [0.1, 0.15) is 5.69 Å². The van der Waals surface area contributed by atoms with Crippen LogP contribution in [0.2, 0.25) is 0 Å². The Kier molecular flexibility index (Phi) is 6.04. The van der Waals surface area contributed by atoms with E-state index in [-0.39, 0.29) is 11.3 Å². The first kappa shape index (κ1) is 22.0. The average molecular weight is 441 g/mol. The topological polar surface area (TPSA) is 90.3 Å². The number of fused-ring (bicyclic) bond motifs is 1. The summed E-state index contributed by atoms with van der Waals surface area (Å²) in [6.45, 7) is 3.45. The first-order valence-corrected chi connectivity index (χ1v) is 10.5. The summed E-state index contributed by atoms with van der Waals surface area (Å²) in [6, 6.07) is 18.2. The molecular weight excluding hydrogens is 418 g/mol. The molecule has 1 amide bonds. The van der Waals surface area contributed by atoms with E-state index < -0.39 is 18.0 Å². The van der Waals surface area contributed by atoms with Crippen LogP contribution in [0, 0.1) is 6.92 Å². The fraction of sp³-hybridized carbons (Fsp3) is 0.154.